The third-order valence-corrected chi connectivity index (χ3v) is 17.2. The zero-order chi connectivity index (χ0) is 53.2. The number of aryl methyl sites for hydroxylation is 1. The van der Waals surface area contributed by atoms with E-state index in [0.29, 0.717) is 43.5 Å². The van der Waals surface area contributed by atoms with Gasteiger partial charge in [-0.3, -0.25) is 47.9 Å². The summed E-state index contributed by atoms with van der Waals surface area (Å²) in [5.41, 5.74) is -6.57. The van der Waals surface area contributed by atoms with E-state index in [1.807, 2.05) is 35.2 Å². The third-order valence-electron chi connectivity index (χ3n) is 15.1. The van der Waals surface area contributed by atoms with Crippen LogP contribution in [0.1, 0.15) is 97.8 Å². The average Bonchev–Trinajstić information content (AvgIpc) is 4.05. The van der Waals surface area contributed by atoms with Crippen molar-refractivity contribution in [3.63, 3.8) is 0 Å². The smallest absolute Gasteiger partial charge is 0.370 e. The Morgan fingerprint density at radius 3 is 2.34 bits per heavy atom. The van der Waals surface area contributed by atoms with Crippen molar-refractivity contribution in [2.75, 3.05) is 39.3 Å². The first-order valence-corrected chi connectivity index (χ1v) is 27.0. The van der Waals surface area contributed by atoms with Crippen molar-refractivity contribution in [2.45, 2.75) is 95.7 Å². The molecule has 5 amide bonds. The van der Waals surface area contributed by atoms with Crippen LogP contribution in [0.5, 0.6) is 0 Å². The number of fused-ring (bicyclic) bond motifs is 2. The molecule has 6 heterocycles. The van der Waals surface area contributed by atoms with E-state index in [1.54, 1.807) is 30.6 Å². The Kier molecular flexibility index (Phi) is 14.6. The SMILES string of the molecule is Cn1c(=O)n(C2CCC(=O)NC2=O)c2cc(F)c(CN3CCC(C[C@@H]4CCN(C(=O)[C@@H](NC(=O)c5cc6cc(C(F)(F)P(=O)(O)O)ccc6s5)C(C)(C)C)[C@@H]4C(=O)N4CCO[C@H](c5ccccc5)C4)CC3)c(F)c21. The van der Waals surface area contributed by atoms with Gasteiger partial charge in [0.25, 0.3) is 5.91 Å². The lowest BCUT2D eigenvalue weighted by Crippen LogP contribution is -2.59. The van der Waals surface area contributed by atoms with Gasteiger partial charge in [-0.2, -0.15) is 8.78 Å². The summed E-state index contributed by atoms with van der Waals surface area (Å²) < 4.78 is 81.8. The molecule has 0 bridgehead atoms. The Balaban J connectivity index is 0.928. The molecule has 4 aliphatic rings. The molecular weight excluding hydrogens is 1010 g/mol. The van der Waals surface area contributed by atoms with Crippen molar-refractivity contribution in [2.24, 2.45) is 24.3 Å². The maximum atomic E-state index is 16.4. The van der Waals surface area contributed by atoms with Gasteiger partial charge in [0.1, 0.15) is 35.6 Å². The Labute approximate surface area is 426 Å². The fourth-order valence-corrected chi connectivity index (χ4v) is 12.4. The molecule has 4 saturated heterocycles. The van der Waals surface area contributed by atoms with Crippen LogP contribution in [0.15, 0.2) is 65.5 Å². The first-order chi connectivity index (χ1) is 34.9. The van der Waals surface area contributed by atoms with Gasteiger partial charge in [0.15, 0.2) is 5.82 Å². The van der Waals surface area contributed by atoms with Crippen molar-refractivity contribution in [3.05, 3.63) is 104 Å². The molecule has 4 N–H and O–H groups in total. The van der Waals surface area contributed by atoms with Gasteiger partial charge in [-0.15, -0.1) is 11.3 Å². The molecule has 2 aromatic heterocycles. The summed E-state index contributed by atoms with van der Waals surface area (Å²) in [4.78, 5) is 106. The molecule has 0 radical (unpaired) electrons. The number of alkyl halides is 2. The van der Waals surface area contributed by atoms with E-state index in [-0.39, 0.29) is 90.2 Å². The highest BCUT2D eigenvalue weighted by atomic mass is 32.1. The highest BCUT2D eigenvalue weighted by molar-refractivity contribution is 7.52. The van der Waals surface area contributed by atoms with Crippen molar-refractivity contribution in [1.29, 1.82) is 0 Å². The first kappa shape index (κ1) is 53.1. The summed E-state index contributed by atoms with van der Waals surface area (Å²) in [7, 11) is -4.51. The van der Waals surface area contributed by atoms with Gasteiger partial charge in [-0.05, 0) is 91.6 Å². The third kappa shape index (κ3) is 10.2. The van der Waals surface area contributed by atoms with Crippen LogP contribution in [0.4, 0.5) is 17.6 Å². The van der Waals surface area contributed by atoms with E-state index in [4.69, 9.17) is 4.74 Å². The standard InChI is InChI=1S/C51H58F4N7O10PS/c1-50(2,3)44(57-46(65)39-24-31-23-32(10-12-38(31)74-39)51(54,55)73(69,70)71)48(67)61-19-16-30(42(61)47(66)60-20-21-72-37(27-60)29-8-6-5-7-9-29)22-28-14-17-59(18-15-28)26-33-34(52)25-36-43(41(33)53)58(4)49(68)62(36)35-11-13-40(63)56-45(35)64/h5-10,12,23-25,28,30,35,37,42,44H,11,13-22,26-27H2,1-4H3,(H,57,65)(H,56,63,64)(H2,69,70,71)/t30-,35?,37-,42-,44+/m0/s1. The minimum Gasteiger partial charge on any atom is -0.370 e. The van der Waals surface area contributed by atoms with Crippen LogP contribution in [0.25, 0.3) is 21.1 Å². The number of hydrogen-bond acceptors (Lipinski definition) is 10. The van der Waals surface area contributed by atoms with Gasteiger partial charge >= 0.3 is 18.9 Å². The number of thiophene rings is 1. The largest absolute Gasteiger partial charge is 0.399 e. The minimum absolute atomic E-state index is 0.00640. The number of amides is 5. The Morgan fingerprint density at radius 1 is 0.946 bits per heavy atom. The van der Waals surface area contributed by atoms with Gasteiger partial charge in [0.2, 0.25) is 23.6 Å². The van der Waals surface area contributed by atoms with Gasteiger partial charge in [-0.25, -0.2) is 13.6 Å². The molecule has 1 unspecified atom stereocenters. The Morgan fingerprint density at radius 2 is 1.66 bits per heavy atom. The van der Waals surface area contributed by atoms with Crippen LogP contribution in [0.2, 0.25) is 0 Å². The number of imidazole rings is 1. The number of nitrogens with zero attached hydrogens (tertiary/aromatic N) is 5. The van der Waals surface area contributed by atoms with Crippen molar-refractivity contribution >= 4 is 69.6 Å². The number of ether oxygens (including phenoxy) is 1. The molecule has 5 atom stereocenters. The summed E-state index contributed by atoms with van der Waals surface area (Å²) >= 11 is 0.957. The van der Waals surface area contributed by atoms with Gasteiger partial charge < -0.3 is 29.6 Å². The molecular formula is C51H58F4N7O10PS. The van der Waals surface area contributed by atoms with Crippen LogP contribution in [-0.4, -0.2) is 115 Å². The van der Waals surface area contributed by atoms with Crippen LogP contribution < -0.4 is 16.3 Å². The molecule has 4 aliphatic heterocycles. The number of nitrogens with one attached hydrogen (secondary N) is 2. The molecule has 0 saturated carbocycles. The highest BCUT2D eigenvalue weighted by Crippen LogP contribution is 2.59. The number of imide groups is 1. The summed E-state index contributed by atoms with van der Waals surface area (Å²) in [6.45, 7) is 7.14. The van der Waals surface area contributed by atoms with E-state index in [2.05, 4.69) is 10.6 Å². The number of hydrogen-bond donors (Lipinski definition) is 4. The van der Waals surface area contributed by atoms with Gasteiger partial charge in [-0.1, -0.05) is 57.2 Å². The van der Waals surface area contributed by atoms with E-state index in [0.717, 1.165) is 44.2 Å². The summed E-state index contributed by atoms with van der Waals surface area (Å²) in [6, 6.07) is 11.8. The maximum absolute atomic E-state index is 16.4. The molecule has 74 heavy (non-hydrogen) atoms. The lowest BCUT2D eigenvalue weighted by atomic mass is 9.82. The van der Waals surface area contributed by atoms with E-state index < -0.39 is 89.4 Å². The summed E-state index contributed by atoms with van der Waals surface area (Å²) in [5.74, 6) is -4.66. The number of benzene rings is 3. The molecule has 23 heteroatoms. The minimum atomic E-state index is -5.86. The zero-order valence-electron chi connectivity index (χ0n) is 41.2. The lowest BCUT2D eigenvalue weighted by Gasteiger charge is -2.40. The van der Waals surface area contributed by atoms with Crippen LogP contribution >= 0.6 is 18.9 Å². The van der Waals surface area contributed by atoms with Crippen molar-refractivity contribution in [3.8, 4) is 0 Å². The molecule has 17 nitrogen and oxygen atoms in total. The van der Waals surface area contributed by atoms with Crippen molar-refractivity contribution in [1.82, 2.24) is 34.5 Å². The molecule has 9 rings (SSSR count). The van der Waals surface area contributed by atoms with Crippen LogP contribution in [-0.2, 0) is 47.7 Å². The van der Waals surface area contributed by atoms with Crippen LogP contribution in [0.3, 0.4) is 0 Å². The number of piperidine rings is 2. The van der Waals surface area contributed by atoms with Gasteiger partial charge in [0.05, 0.1) is 23.5 Å². The molecule has 0 aliphatic carbocycles. The number of carbonyl (C=O) groups is 5. The first-order valence-electron chi connectivity index (χ1n) is 24.6. The Bertz CT molecular complexity index is 3150. The average molecular weight is 1070 g/mol. The van der Waals surface area contributed by atoms with Crippen LogP contribution in [0, 0.1) is 28.9 Å². The van der Waals surface area contributed by atoms with Crippen molar-refractivity contribution < 1.29 is 60.6 Å². The molecule has 0 spiro atoms. The quantitative estimate of drug-likeness (QED) is 0.0619. The second-order valence-corrected chi connectivity index (χ2v) is 23.7. The number of morpholine rings is 1. The summed E-state index contributed by atoms with van der Waals surface area (Å²) in [5, 5.41) is 5.21. The second kappa shape index (κ2) is 20.4. The lowest BCUT2D eigenvalue weighted by molar-refractivity contribution is -0.152. The predicted molar refractivity (Wildman–Crippen MR) is 265 cm³/mol. The Hall–Kier alpha value is -5.77. The fourth-order valence-electron chi connectivity index (χ4n) is 11.0. The number of halogens is 4. The fraction of sp³-hybridized carbons (Fsp3) is 0.490. The van der Waals surface area contributed by atoms with Gasteiger partial charge in [0, 0.05) is 55.0 Å². The summed E-state index contributed by atoms with van der Waals surface area (Å²) in [6.07, 6.45) is 1.83. The molecule has 4 fully saturated rings. The highest BCUT2D eigenvalue weighted by Gasteiger charge is 2.51. The molecule has 396 valence electrons. The van der Waals surface area contributed by atoms with E-state index in [1.165, 1.54) is 19.2 Å². The monoisotopic (exact) mass is 1070 g/mol. The maximum Gasteiger partial charge on any atom is 0.399 e. The number of carbonyl (C=O) groups excluding carboxylic acids is 5. The molecule has 5 aromatic rings. The number of rotatable bonds is 12. The molecule has 3 aromatic carbocycles. The topological polar surface area (TPSA) is 213 Å². The normalized spacial score (nSPS) is 22.1. The van der Waals surface area contributed by atoms with E-state index in [9.17, 15) is 42.3 Å². The van der Waals surface area contributed by atoms with E-state index >= 15 is 18.4 Å². The zero-order valence-corrected chi connectivity index (χ0v) is 42.9. The predicted octanol–water partition coefficient (Wildman–Crippen LogP) is 6.30. The number of likely N-dealkylation sites (tertiary alicyclic amines) is 2. The number of aromatic nitrogens is 2. The second-order valence-electron chi connectivity index (χ2n) is 21.0.